The molecule has 1 aliphatic rings. The molecule has 1 saturated heterocycles. The van der Waals surface area contributed by atoms with Gasteiger partial charge in [0.2, 0.25) is 0 Å². The lowest BCUT2D eigenvalue weighted by Gasteiger charge is -2.33. The first-order chi connectivity index (χ1) is 9.11. The molecule has 1 aromatic carbocycles. The normalized spacial score (nSPS) is 16.6. The van der Waals surface area contributed by atoms with Crippen molar-refractivity contribution in [1.29, 1.82) is 0 Å². The van der Waals surface area contributed by atoms with Crippen LogP contribution in [0.3, 0.4) is 0 Å². The van der Waals surface area contributed by atoms with Crippen LogP contribution in [0.15, 0.2) is 18.2 Å². The molecular weight excluding hydrogens is 266 g/mol. The van der Waals surface area contributed by atoms with Crippen molar-refractivity contribution in [3.05, 3.63) is 33.3 Å². The molecule has 0 saturated carbocycles. The molecule has 0 aliphatic carbocycles. The highest BCUT2D eigenvalue weighted by Crippen LogP contribution is 2.33. The number of benzene rings is 1. The summed E-state index contributed by atoms with van der Waals surface area (Å²) < 4.78 is 0. The molecule has 6 heteroatoms. The number of hydrogen-bond donors (Lipinski definition) is 1. The molecule has 1 aromatic rings. The second-order valence-corrected chi connectivity index (χ2v) is 5.33. The van der Waals surface area contributed by atoms with Gasteiger partial charge in [-0.2, -0.15) is 0 Å². The molecule has 2 N–H and O–H groups in total. The van der Waals surface area contributed by atoms with Crippen LogP contribution < -0.4 is 10.6 Å². The van der Waals surface area contributed by atoms with Gasteiger partial charge in [-0.05, 0) is 43.9 Å². The van der Waals surface area contributed by atoms with E-state index in [1.165, 1.54) is 6.07 Å². The summed E-state index contributed by atoms with van der Waals surface area (Å²) in [5, 5.41) is 11.5. The van der Waals surface area contributed by atoms with Crippen LogP contribution in [0.2, 0.25) is 5.02 Å². The molecule has 1 aliphatic heterocycles. The first kappa shape index (κ1) is 14.1. The van der Waals surface area contributed by atoms with Crippen LogP contribution in [0.25, 0.3) is 0 Å². The molecule has 0 unspecified atom stereocenters. The highest BCUT2D eigenvalue weighted by molar-refractivity contribution is 6.30. The van der Waals surface area contributed by atoms with Gasteiger partial charge in [-0.15, -0.1) is 0 Å². The molecule has 0 radical (unpaired) electrons. The van der Waals surface area contributed by atoms with Gasteiger partial charge >= 0.3 is 0 Å². The molecule has 0 aromatic heterocycles. The number of anilines is 1. The van der Waals surface area contributed by atoms with Crippen molar-refractivity contribution < 1.29 is 4.92 Å². The summed E-state index contributed by atoms with van der Waals surface area (Å²) in [6.45, 7) is 2.39. The van der Waals surface area contributed by atoms with Crippen molar-refractivity contribution >= 4 is 23.0 Å². The number of halogens is 1. The van der Waals surface area contributed by atoms with Gasteiger partial charge in [-0.3, -0.25) is 10.1 Å². The minimum absolute atomic E-state index is 0.0878. The molecule has 0 amide bonds. The van der Waals surface area contributed by atoms with Crippen molar-refractivity contribution in [2.24, 2.45) is 11.7 Å². The minimum atomic E-state index is -0.368. The number of nitro groups is 1. The van der Waals surface area contributed by atoms with E-state index in [0.29, 0.717) is 23.2 Å². The Bertz CT molecular complexity index is 459. The van der Waals surface area contributed by atoms with E-state index in [1.807, 2.05) is 0 Å². The highest BCUT2D eigenvalue weighted by atomic mass is 35.5. The second kappa shape index (κ2) is 6.21. The van der Waals surface area contributed by atoms with Crippen LogP contribution >= 0.6 is 11.6 Å². The van der Waals surface area contributed by atoms with E-state index in [-0.39, 0.29) is 10.6 Å². The third-order valence-corrected chi connectivity index (χ3v) is 3.90. The smallest absolute Gasteiger partial charge is 0.294 e. The molecule has 1 heterocycles. The molecule has 5 nitrogen and oxygen atoms in total. The molecule has 2 rings (SSSR count). The summed E-state index contributed by atoms with van der Waals surface area (Å²) in [7, 11) is 0. The first-order valence-corrected chi connectivity index (χ1v) is 6.88. The topological polar surface area (TPSA) is 72.4 Å². The predicted molar refractivity (Wildman–Crippen MR) is 76.7 cm³/mol. The van der Waals surface area contributed by atoms with Crippen molar-refractivity contribution in [2.75, 3.05) is 24.5 Å². The zero-order chi connectivity index (χ0) is 13.8. The fourth-order valence-electron chi connectivity index (χ4n) is 2.61. The van der Waals surface area contributed by atoms with Crippen LogP contribution in [-0.2, 0) is 0 Å². The zero-order valence-electron chi connectivity index (χ0n) is 10.7. The molecule has 1 fully saturated rings. The number of piperidine rings is 1. The summed E-state index contributed by atoms with van der Waals surface area (Å²) in [6, 6.07) is 4.86. The van der Waals surface area contributed by atoms with Gasteiger partial charge in [0.15, 0.2) is 0 Å². The van der Waals surface area contributed by atoms with Crippen molar-refractivity contribution in [2.45, 2.75) is 19.3 Å². The summed E-state index contributed by atoms with van der Waals surface area (Å²) in [6.07, 6.45) is 3.12. The lowest BCUT2D eigenvalue weighted by molar-refractivity contribution is -0.384. The fraction of sp³-hybridized carbons (Fsp3) is 0.538. The van der Waals surface area contributed by atoms with E-state index in [2.05, 4.69) is 4.90 Å². The van der Waals surface area contributed by atoms with Crippen molar-refractivity contribution in [3.63, 3.8) is 0 Å². The SMILES string of the molecule is NCCC1CCN(c2ccc(Cl)cc2[N+](=O)[O-])CC1. The van der Waals surface area contributed by atoms with Crippen LogP contribution in [0.4, 0.5) is 11.4 Å². The van der Waals surface area contributed by atoms with Gasteiger partial charge in [-0.25, -0.2) is 0 Å². The van der Waals surface area contributed by atoms with Gasteiger partial charge in [0.05, 0.1) is 4.92 Å². The van der Waals surface area contributed by atoms with E-state index >= 15 is 0 Å². The third-order valence-electron chi connectivity index (χ3n) is 3.66. The van der Waals surface area contributed by atoms with Gasteiger partial charge < -0.3 is 10.6 Å². The van der Waals surface area contributed by atoms with Gasteiger partial charge in [0.1, 0.15) is 5.69 Å². The van der Waals surface area contributed by atoms with Gasteiger partial charge in [-0.1, -0.05) is 11.6 Å². The standard InChI is InChI=1S/C13H18ClN3O2/c14-11-1-2-12(13(9-11)17(18)19)16-7-4-10(3-6-15)5-8-16/h1-2,9-10H,3-8,15H2. The number of rotatable bonds is 4. The predicted octanol–water partition coefficient (Wildman–Crippen LogP) is 2.81. The molecule has 104 valence electrons. The second-order valence-electron chi connectivity index (χ2n) is 4.90. The average molecular weight is 284 g/mol. The largest absolute Gasteiger partial charge is 0.366 e. The van der Waals surface area contributed by atoms with Crippen molar-refractivity contribution in [3.8, 4) is 0 Å². The number of nitrogens with two attached hydrogens (primary N) is 1. The van der Waals surface area contributed by atoms with Crippen molar-refractivity contribution in [1.82, 2.24) is 0 Å². The van der Waals surface area contributed by atoms with E-state index in [4.69, 9.17) is 17.3 Å². The molecule has 19 heavy (non-hydrogen) atoms. The lowest BCUT2D eigenvalue weighted by atomic mass is 9.93. The average Bonchev–Trinajstić information content (AvgIpc) is 2.40. The Balaban J connectivity index is 2.13. The van der Waals surface area contributed by atoms with Crippen LogP contribution in [0, 0.1) is 16.0 Å². The monoisotopic (exact) mass is 283 g/mol. The van der Waals surface area contributed by atoms with Gasteiger partial charge in [0.25, 0.3) is 5.69 Å². The Labute approximate surface area is 117 Å². The summed E-state index contributed by atoms with van der Waals surface area (Å²) in [4.78, 5) is 12.8. The summed E-state index contributed by atoms with van der Waals surface area (Å²) in [5.74, 6) is 0.646. The van der Waals surface area contributed by atoms with E-state index in [0.717, 1.165) is 32.4 Å². The molecule has 0 atom stereocenters. The fourth-order valence-corrected chi connectivity index (χ4v) is 2.77. The Morgan fingerprint density at radius 2 is 2.11 bits per heavy atom. The van der Waals surface area contributed by atoms with Gasteiger partial charge in [0, 0.05) is 24.2 Å². The summed E-state index contributed by atoms with van der Waals surface area (Å²) >= 11 is 5.83. The van der Waals surface area contributed by atoms with Crippen LogP contribution in [0.1, 0.15) is 19.3 Å². The quantitative estimate of drug-likeness (QED) is 0.681. The first-order valence-electron chi connectivity index (χ1n) is 6.50. The molecule has 0 spiro atoms. The maximum absolute atomic E-state index is 11.1. The van der Waals surface area contributed by atoms with E-state index in [9.17, 15) is 10.1 Å². The third kappa shape index (κ3) is 3.36. The highest BCUT2D eigenvalue weighted by Gasteiger charge is 2.24. The molecule has 0 bridgehead atoms. The Kier molecular flexibility index (Phi) is 4.61. The number of nitrogens with zero attached hydrogens (tertiary/aromatic N) is 2. The Morgan fingerprint density at radius 3 is 2.68 bits per heavy atom. The molecular formula is C13H18ClN3O2. The maximum Gasteiger partial charge on any atom is 0.294 e. The van der Waals surface area contributed by atoms with Crippen LogP contribution in [0.5, 0.6) is 0 Å². The Hall–Kier alpha value is -1.33. The zero-order valence-corrected chi connectivity index (χ0v) is 11.5. The Morgan fingerprint density at radius 1 is 1.42 bits per heavy atom. The summed E-state index contributed by atoms with van der Waals surface area (Å²) in [5.41, 5.74) is 6.32. The van der Waals surface area contributed by atoms with Crippen LogP contribution in [-0.4, -0.2) is 24.6 Å². The number of nitro benzene ring substituents is 1. The minimum Gasteiger partial charge on any atom is -0.366 e. The van der Waals surface area contributed by atoms with E-state index < -0.39 is 0 Å². The van der Waals surface area contributed by atoms with E-state index in [1.54, 1.807) is 12.1 Å². The number of hydrogen-bond acceptors (Lipinski definition) is 4. The lowest BCUT2D eigenvalue weighted by Crippen LogP contribution is -2.34. The maximum atomic E-state index is 11.1.